The first-order valence-corrected chi connectivity index (χ1v) is 12.0. The number of nitrogens with zero attached hydrogens (tertiary/aromatic N) is 1. The number of carbonyl (C=O) groups excluding carboxylic acids is 3. The van der Waals surface area contributed by atoms with Crippen molar-refractivity contribution in [1.29, 1.82) is 0 Å². The number of benzene rings is 1. The molecule has 1 aliphatic heterocycles. The van der Waals surface area contributed by atoms with Gasteiger partial charge < -0.3 is 19.7 Å². The maximum Gasteiger partial charge on any atom is 0.308 e. The second kappa shape index (κ2) is 13.8. The van der Waals surface area contributed by atoms with Crippen molar-refractivity contribution in [2.75, 3.05) is 26.3 Å². The molecule has 0 aromatic heterocycles. The van der Waals surface area contributed by atoms with Crippen molar-refractivity contribution in [3.63, 3.8) is 0 Å². The summed E-state index contributed by atoms with van der Waals surface area (Å²) >= 11 is 5.40. The van der Waals surface area contributed by atoms with Gasteiger partial charge in [-0.05, 0) is 55.2 Å². The van der Waals surface area contributed by atoms with Crippen LogP contribution in [-0.4, -0.2) is 60.1 Å². The van der Waals surface area contributed by atoms with Crippen LogP contribution in [0.2, 0.25) is 0 Å². The van der Waals surface area contributed by atoms with Crippen LogP contribution in [0.25, 0.3) is 0 Å². The fourth-order valence-electron chi connectivity index (χ4n) is 3.27. The predicted molar refractivity (Wildman–Crippen MR) is 130 cm³/mol. The molecule has 1 atom stereocenters. The fraction of sp³-hybridized carbons (Fsp3) is 0.583. The van der Waals surface area contributed by atoms with Gasteiger partial charge in [-0.3, -0.25) is 19.7 Å². The lowest BCUT2D eigenvalue weighted by Crippen LogP contribution is -2.60. The Kier molecular flexibility index (Phi) is 11.1. The molecule has 1 fully saturated rings. The lowest BCUT2D eigenvalue weighted by molar-refractivity contribution is -0.147. The van der Waals surface area contributed by atoms with Gasteiger partial charge in [-0.2, -0.15) is 0 Å². The lowest BCUT2D eigenvalue weighted by atomic mass is 10.1. The van der Waals surface area contributed by atoms with Crippen LogP contribution in [-0.2, 0) is 14.3 Å². The quantitative estimate of drug-likeness (QED) is 0.287. The minimum absolute atomic E-state index is 0.107. The predicted octanol–water partition coefficient (Wildman–Crippen LogP) is 3.05. The summed E-state index contributed by atoms with van der Waals surface area (Å²) in [5.74, 6) is 0.0897. The van der Waals surface area contributed by atoms with Crippen LogP contribution in [0.4, 0.5) is 0 Å². The van der Waals surface area contributed by atoms with Crippen LogP contribution >= 0.6 is 12.2 Å². The molecule has 2 rings (SSSR count). The van der Waals surface area contributed by atoms with Gasteiger partial charge >= 0.3 is 5.97 Å². The van der Waals surface area contributed by atoms with Crippen LogP contribution in [0.15, 0.2) is 24.3 Å². The van der Waals surface area contributed by atoms with Crippen molar-refractivity contribution in [2.24, 2.45) is 5.92 Å². The van der Waals surface area contributed by atoms with Gasteiger partial charge in [0.25, 0.3) is 5.91 Å². The fourth-order valence-corrected chi connectivity index (χ4v) is 3.58. The lowest BCUT2D eigenvalue weighted by Gasteiger charge is -2.36. The van der Waals surface area contributed by atoms with Gasteiger partial charge in [0.2, 0.25) is 5.91 Å². The Balaban J connectivity index is 1.92. The highest BCUT2D eigenvalue weighted by Crippen LogP contribution is 2.15. The highest BCUT2D eigenvalue weighted by atomic mass is 32.1. The van der Waals surface area contributed by atoms with Gasteiger partial charge in [-0.15, -0.1) is 0 Å². The van der Waals surface area contributed by atoms with Crippen LogP contribution in [0.3, 0.4) is 0 Å². The Hall–Kier alpha value is -2.68. The SMILES string of the molecule is CCCCCOC(=O)CC1C(=O)NCCN1C(=S)NC(=O)c1ccc(OCCC(C)C)cc1. The molecule has 2 N–H and O–H groups in total. The van der Waals surface area contributed by atoms with E-state index in [1.807, 2.05) is 0 Å². The summed E-state index contributed by atoms with van der Waals surface area (Å²) in [7, 11) is 0. The number of nitrogens with one attached hydrogen (secondary N) is 2. The Labute approximate surface area is 201 Å². The summed E-state index contributed by atoms with van der Waals surface area (Å²) in [4.78, 5) is 38.8. The Bertz CT molecular complexity index is 813. The Morgan fingerprint density at radius 3 is 2.61 bits per heavy atom. The zero-order chi connectivity index (χ0) is 24.2. The third-order valence-electron chi connectivity index (χ3n) is 5.26. The molecule has 9 heteroatoms. The zero-order valence-electron chi connectivity index (χ0n) is 19.7. The second-order valence-electron chi connectivity index (χ2n) is 8.45. The number of piperazine rings is 1. The summed E-state index contributed by atoms with van der Waals surface area (Å²) in [6, 6.07) is 5.99. The molecule has 0 saturated carbocycles. The molecule has 0 bridgehead atoms. The molecular formula is C24H35N3O5S. The van der Waals surface area contributed by atoms with E-state index in [1.54, 1.807) is 29.2 Å². The second-order valence-corrected chi connectivity index (χ2v) is 8.83. The van der Waals surface area contributed by atoms with E-state index in [0.29, 0.717) is 43.5 Å². The monoisotopic (exact) mass is 477 g/mol. The van der Waals surface area contributed by atoms with E-state index in [-0.39, 0.29) is 23.3 Å². The maximum absolute atomic E-state index is 12.7. The smallest absolute Gasteiger partial charge is 0.308 e. The van der Waals surface area contributed by atoms with E-state index in [2.05, 4.69) is 31.4 Å². The molecule has 8 nitrogen and oxygen atoms in total. The standard InChI is InChI=1S/C24H35N3O5S/c1-4-5-6-14-32-21(28)16-20-23(30)25-12-13-27(20)24(33)26-22(29)18-7-9-19(10-8-18)31-15-11-17(2)3/h7-10,17,20H,4-6,11-16H2,1-3H3,(H,25,30)(H,26,29,33). The van der Waals surface area contributed by atoms with Crippen LogP contribution in [0, 0.1) is 5.92 Å². The molecule has 1 aromatic rings. The van der Waals surface area contributed by atoms with Gasteiger partial charge in [0.1, 0.15) is 11.8 Å². The topological polar surface area (TPSA) is 97.0 Å². The molecular weight excluding hydrogens is 442 g/mol. The largest absolute Gasteiger partial charge is 0.494 e. The molecule has 0 aliphatic carbocycles. The average Bonchev–Trinajstić information content (AvgIpc) is 2.78. The van der Waals surface area contributed by atoms with Crippen molar-refractivity contribution >= 4 is 35.1 Å². The molecule has 1 aromatic carbocycles. The van der Waals surface area contributed by atoms with E-state index in [9.17, 15) is 14.4 Å². The zero-order valence-corrected chi connectivity index (χ0v) is 20.5. The third-order valence-corrected chi connectivity index (χ3v) is 5.60. The van der Waals surface area contributed by atoms with Gasteiger partial charge in [-0.1, -0.05) is 33.6 Å². The first-order valence-electron chi connectivity index (χ1n) is 11.6. The summed E-state index contributed by atoms with van der Waals surface area (Å²) in [6.45, 7) is 8.05. The molecule has 1 aliphatic rings. The van der Waals surface area contributed by atoms with Crippen LogP contribution in [0.5, 0.6) is 5.75 Å². The number of hydrogen-bond acceptors (Lipinski definition) is 6. The molecule has 0 spiro atoms. The molecule has 0 radical (unpaired) electrons. The number of esters is 1. The van der Waals surface area contributed by atoms with Gasteiger partial charge in [0.05, 0.1) is 19.6 Å². The molecule has 1 unspecified atom stereocenters. The molecule has 182 valence electrons. The van der Waals surface area contributed by atoms with Crippen molar-refractivity contribution in [3.8, 4) is 5.75 Å². The minimum Gasteiger partial charge on any atom is -0.494 e. The summed E-state index contributed by atoms with van der Waals surface area (Å²) < 4.78 is 10.9. The van der Waals surface area contributed by atoms with Crippen LogP contribution < -0.4 is 15.4 Å². The Morgan fingerprint density at radius 1 is 1.21 bits per heavy atom. The Morgan fingerprint density at radius 2 is 1.94 bits per heavy atom. The number of carbonyl (C=O) groups is 3. The highest BCUT2D eigenvalue weighted by Gasteiger charge is 2.34. The van der Waals surface area contributed by atoms with Crippen molar-refractivity contribution in [2.45, 2.75) is 58.9 Å². The number of rotatable bonds is 11. The average molecular weight is 478 g/mol. The normalized spacial score (nSPS) is 15.7. The van der Waals surface area contributed by atoms with Crippen molar-refractivity contribution < 1.29 is 23.9 Å². The minimum atomic E-state index is -0.818. The van der Waals surface area contributed by atoms with E-state index in [1.165, 1.54) is 0 Å². The number of unbranched alkanes of at least 4 members (excludes halogenated alkanes) is 2. The third kappa shape index (κ3) is 9.00. The molecule has 1 saturated heterocycles. The van der Waals surface area contributed by atoms with E-state index in [4.69, 9.17) is 21.7 Å². The van der Waals surface area contributed by atoms with Crippen LogP contribution in [0.1, 0.15) is 63.2 Å². The number of ether oxygens (including phenoxy) is 2. The number of thiocarbonyl (C=S) groups is 1. The maximum atomic E-state index is 12.7. The molecule has 1 heterocycles. The van der Waals surface area contributed by atoms with Gasteiger partial charge in [0, 0.05) is 18.7 Å². The van der Waals surface area contributed by atoms with E-state index >= 15 is 0 Å². The van der Waals surface area contributed by atoms with Gasteiger partial charge in [0.15, 0.2) is 5.11 Å². The number of amides is 2. The first kappa shape index (κ1) is 26.6. The summed E-state index contributed by atoms with van der Waals surface area (Å²) in [5, 5.41) is 5.52. The highest BCUT2D eigenvalue weighted by molar-refractivity contribution is 7.80. The first-order chi connectivity index (χ1) is 15.8. The number of hydrogen-bond donors (Lipinski definition) is 2. The van der Waals surface area contributed by atoms with Gasteiger partial charge in [-0.25, -0.2) is 0 Å². The summed E-state index contributed by atoms with van der Waals surface area (Å²) in [5.41, 5.74) is 0.418. The van der Waals surface area contributed by atoms with E-state index in [0.717, 1.165) is 25.7 Å². The summed E-state index contributed by atoms with van der Waals surface area (Å²) in [6.07, 6.45) is 3.62. The van der Waals surface area contributed by atoms with Crippen molar-refractivity contribution in [1.82, 2.24) is 15.5 Å². The molecule has 2 amide bonds. The van der Waals surface area contributed by atoms with Crippen molar-refractivity contribution in [3.05, 3.63) is 29.8 Å². The van der Waals surface area contributed by atoms with E-state index < -0.39 is 12.0 Å². The molecule has 33 heavy (non-hydrogen) atoms.